The summed E-state index contributed by atoms with van der Waals surface area (Å²) in [5.41, 5.74) is -1.30. The van der Waals surface area contributed by atoms with Crippen molar-refractivity contribution < 1.29 is 33.0 Å². The van der Waals surface area contributed by atoms with Gasteiger partial charge in [0.25, 0.3) is 11.8 Å². The lowest BCUT2D eigenvalue weighted by Crippen LogP contribution is -2.54. The fourth-order valence-corrected chi connectivity index (χ4v) is 4.00. The smallest absolute Gasteiger partial charge is 0.387 e. The van der Waals surface area contributed by atoms with Crippen LogP contribution in [0.4, 0.5) is 30.5 Å². The number of carbonyl (C=O) groups is 2. The largest absolute Gasteiger partial charge is 0.418 e. The van der Waals surface area contributed by atoms with Crippen LogP contribution in [0.25, 0.3) is 5.52 Å². The predicted molar refractivity (Wildman–Crippen MR) is 99.6 cm³/mol. The molecule has 0 aliphatic carbocycles. The normalized spacial score (nSPS) is 23.5. The summed E-state index contributed by atoms with van der Waals surface area (Å²) in [5.74, 6) is -2.79. The van der Waals surface area contributed by atoms with Crippen LogP contribution < -0.4 is 9.80 Å². The molecule has 3 atom stereocenters. The Bertz CT molecular complexity index is 1260. The molecule has 3 aromatic heterocycles. The number of rotatable bonds is 1. The zero-order valence-electron chi connectivity index (χ0n) is 15.8. The highest BCUT2D eigenvalue weighted by Gasteiger charge is 2.58. The van der Waals surface area contributed by atoms with E-state index in [2.05, 4.69) is 10.1 Å². The maximum Gasteiger partial charge on any atom is 0.418 e. The number of fused-ring (bicyclic) bond motifs is 4. The first kappa shape index (κ1) is 19.5. The Morgan fingerprint density at radius 3 is 2.55 bits per heavy atom. The predicted octanol–water partition coefficient (Wildman–Crippen LogP) is 1.17. The standard InChI is InChI=1S/C19H14F3N5O4/c1-8-7-10(19(20,21)22)12-16(23-8)27-13(14(28)15(29)18(27)31)17(30)26(12)11-5-4-9-3-2-6-25(9)24-11/h2-7,13-15,28-29H,1H3/t13-,14-,15-/m0/s1. The van der Waals surface area contributed by atoms with E-state index in [0.29, 0.717) is 15.3 Å². The van der Waals surface area contributed by atoms with Crippen LogP contribution >= 0.6 is 0 Å². The summed E-state index contributed by atoms with van der Waals surface area (Å²) < 4.78 is 43.3. The number of nitrogens with zero attached hydrogens (tertiary/aromatic N) is 5. The Balaban J connectivity index is 1.84. The van der Waals surface area contributed by atoms with Crippen molar-refractivity contribution in [1.29, 1.82) is 0 Å². The van der Waals surface area contributed by atoms with Gasteiger partial charge in [0, 0.05) is 11.9 Å². The molecule has 12 heteroatoms. The fourth-order valence-electron chi connectivity index (χ4n) is 4.00. The van der Waals surface area contributed by atoms with Crippen LogP contribution in [0.3, 0.4) is 0 Å². The second-order valence-electron chi connectivity index (χ2n) is 7.31. The molecule has 0 radical (unpaired) electrons. The monoisotopic (exact) mass is 433 g/mol. The second-order valence-corrected chi connectivity index (χ2v) is 7.31. The second kappa shape index (κ2) is 6.25. The average molecular weight is 433 g/mol. The van der Waals surface area contributed by atoms with Crippen molar-refractivity contribution in [2.45, 2.75) is 31.3 Å². The number of alkyl halides is 3. The third-order valence-corrected chi connectivity index (χ3v) is 5.35. The lowest BCUT2D eigenvalue weighted by molar-refractivity contribution is -0.137. The van der Waals surface area contributed by atoms with Crippen molar-refractivity contribution in [2.24, 2.45) is 0 Å². The van der Waals surface area contributed by atoms with E-state index in [4.69, 9.17) is 0 Å². The van der Waals surface area contributed by atoms with E-state index in [9.17, 15) is 33.0 Å². The molecule has 0 aromatic carbocycles. The van der Waals surface area contributed by atoms with Gasteiger partial charge in [-0.1, -0.05) is 0 Å². The molecule has 160 valence electrons. The molecular formula is C19H14F3N5O4. The van der Waals surface area contributed by atoms with E-state index in [-0.39, 0.29) is 11.5 Å². The SMILES string of the molecule is Cc1cc(C(F)(F)F)c2c(n1)N1C(=O)[C@@H](O)[C@@H](O)[C@H]1C(=O)N2c1ccc2cccn2n1. The van der Waals surface area contributed by atoms with Gasteiger partial charge in [-0.15, -0.1) is 5.10 Å². The highest BCUT2D eigenvalue weighted by Crippen LogP contribution is 2.49. The fraction of sp³-hybridized carbons (Fsp3) is 0.263. The van der Waals surface area contributed by atoms with Crippen molar-refractivity contribution >= 4 is 34.7 Å². The first-order valence-electron chi connectivity index (χ1n) is 9.16. The van der Waals surface area contributed by atoms with Gasteiger partial charge in [-0.2, -0.15) is 13.2 Å². The summed E-state index contributed by atoms with van der Waals surface area (Å²) in [6.07, 6.45) is -7.15. The summed E-state index contributed by atoms with van der Waals surface area (Å²) in [6.45, 7) is 1.31. The van der Waals surface area contributed by atoms with E-state index < -0.39 is 53.3 Å². The molecule has 2 amide bonds. The zero-order chi connectivity index (χ0) is 22.2. The van der Waals surface area contributed by atoms with Gasteiger partial charge < -0.3 is 10.2 Å². The van der Waals surface area contributed by atoms with Gasteiger partial charge in [0.15, 0.2) is 17.7 Å². The molecule has 9 nitrogen and oxygen atoms in total. The number of aryl methyl sites for hydroxylation is 1. The number of pyridine rings is 1. The van der Waals surface area contributed by atoms with Crippen LogP contribution in [0.15, 0.2) is 36.5 Å². The minimum Gasteiger partial charge on any atom is -0.387 e. The summed E-state index contributed by atoms with van der Waals surface area (Å²) in [6, 6.07) is 5.41. The van der Waals surface area contributed by atoms with Crippen LogP contribution in [-0.2, 0) is 15.8 Å². The maximum atomic E-state index is 14.0. The number of carbonyl (C=O) groups excluding carboxylic acids is 2. The van der Waals surface area contributed by atoms with Gasteiger partial charge in [-0.25, -0.2) is 9.50 Å². The third-order valence-electron chi connectivity index (χ3n) is 5.35. The average Bonchev–Trinajstić information content (AvgIpc) is 3.26. The number of aromatic nitrogens is 3. The van der Waals surface area contributed by atoms with Crippen LogP contribution in [0.1, 0.15) is 11.3 Å². The number of aliphatic hydroxyl groups excluding tert-OH is 2. The van der Waals surface area contributed by atoms with Gasteiger partial charge in [-0.3, -0.25) is 19.4 Å². The molecule has 0 unspecified atom stereocenters. The van der Waals surface area contributed by atoms with E-state index in [0.717, 1.165) is 6.07 Å². The minimum atomic E-state index is -4.89. The van der Waals surface area contributed by atoms with E-state index in [1.807, 2.05) is 0 Å². The zero-order valence-corrected chi connectivity index (χ0v) is 15.8. The Kier molecular flexibility index (Phi) is 3.92. The van der Waals surface area contributed by atoms with E-state index in [1.165, 1.54) is 17.5 Å². The van der Waals surface area contributed by atoms with Gasteiger partial charge in [0.2, 0.25) is 0 Å². The first-order valence-corrected chi connectivity index (χ1v) is 9.16. The highest BCUT2D eigenvalue weighted by atomic mass is 19.4. The van der Waals surface area contributed by atoms with Crippen LogP contribution in [-0.4, -0.2) is 54.9 Å². The van der Waals surface area contributed by atoms with Crippen LogP contribution in [0, 0.1) is 6.92 Å². The van der Waals surface area contributed by atoms with Crippen LogP contribution in [0.5, 0.6) is 0 Å². The summed E-state index contributed by atoms with van der Waals surface area (Å²) in [7, 11) is 0. The molecule has 0 spiro atoms. The molecule has 2 aliphatic heterocycles. The number of hydrogen-bond donors (Lipinski definition) is 2. The van der Waals surface area contributed by atoms with Gasteiger partial charge in [-0.05, 0) is 37.3 Å². The third kappa shape index (κ3) is 2.65. The van der Waals surface area contributed by atoms with Gasteiger partial charge >= 0.3 is 6.18 Å². The number of anilines is 3. The lowest BCUT2D eigenvalue weighted by atomic mass is 10.0. The number of hydrogen-bond acceptors (Lipinski definition) is 6. The lowest BCUT2D eigenvalue weighted by Gasteiger charge is -2.38. The van der Waals surface area contributed by atoms with Crippen molar-refractivity contribution in [2.75, 3.05) is 9.80 Å². The summed E-state index contributed by atoms with van der Waals surface area (Å²) >= 11 is 0. The molecule has 5 heterocycles. The van der Waals surface area contributed by atoms with Crippen molar-refractivity contribution in [1.82, 2.24) is 14.6 Å². The molecule has 1 saturated heterocycles. The topological polar surface area (TPSA) is 111 Å². The van der Waals surface area contributed by atoms with Gasteiger partial charge in [0.05, 0.1) is 11.1 Å². The summed E-state index contributed by atoms with van der Waals surface area (Å²) in [5, 5.41) is 24.6. The molecule has 31 heavy (non-hydrogen) atoms. The van der Waals surface area contributed by atoms with Crippen LogP contribution in [0.2, 0.25) is 0 Å². The number of amides is 2. The Hall–Kier alpha value is -3.51. The molecule has 3 aromatic rings. The van der Waals surface area contributed by atoms with Crippen molar-refractivity contribution in [3.05, 3.63) is 47.8 Å². The van der Waals surface area contributed by atoms with Crippen molar-refractivity contribution in [3.63, 3.8) is 0 Å². The number of halogens is 3. The first-order chi connectivity index (χ1) is 14.6. The molecule has 0 saturated carbocycles. The quantitative estimate of drug-likeness (QED) is 0.596. The van der Waals surface area contributed by atoms with E-state index in [1.54, 1.807) is 24.4 Å². The molecule has 2 N–H and O–H groups in total. The Morgan fingerprint density at radius 2 is 1.84 bits per heavy atom. The summed E-state index contributed by atoms with van der Waals surface area (Å²) in [4.78, 5) is 31.2. The molecule has 1 fully saturated rings. The van der Waals surface area contributed by atoms with E-state index >= 15 is 0 Å². The molecule has 0 bridgehead atoms. The van der Waals surface area contributed by atoms with Crippen molar-refractivity contribution in [3.8, 4) is 0 Å². The molecule has 5 rings (SSSR count). The maximum absolute atomic E-state index is 14.0. The molecular weight excluding hydrogens is 419 g/mol. The molecule has 2 aliphatic rings. The van der Waals surface area contributed by atoms with Gasteiger partial charge in [0.1, 0.15) is 17.8 Å². The Morgan fingerprint density at radius 1 is 1.10 bits per heavy atom. The minimum absolute atomic E-state index is 0.0587. The highest BCUT2D eigenvalue weighted by molar-refractivity contribution is 6.19. The number of aliphatic hydroxyl groups is 2. The Labute approximate surface area is 171 Å².